The van der Waals surface area contributed by atoms with Crippen LogP contribution in [0.25, 0.3) is 77.6 Å². The van der Waals surface area contributed by atoms with E-state index in [4.69, 9.17) is 9.40 Å². The Hall–Kier alpha value is -5.74. The van der Waals surface area contributed by atoms with Crippen LogP contribution in [0.1, 0.15) is 54.3 Å². The van der Waals surface area contributed by atoms with E-state index in [-0.39, 0.29) is 25.5 Å². The van der Waals surface area contributed by atoms with Gasteiger partial charge in [0.25, 0.3) is 0 Å². The van der Waals surface area contributed by atoms with E-state index in [9.17, 15) is 0 Å². The average Bonchev–Trinajstić information content (AvgIpc) is 3.56. The number of fused-ring (bicyclic) bond motifs is 4. The maximum absolute atomic E-state index is 6.23. The van der Waals surface area contributed by atoms with E-state index >= 15 is 0 Å². The van der Waals surface area contributed by atoms with Gasteiger partial charge in [-0.15, -0.1) is 47.5 Å². The van der Waals surface area contributed by atoms with E-state index in [0.29, 0.717) is 5.71 Å². The van der Waals surface area contributed by atoms with Gasteiger partial charge in [-0.2, -0.15) is 0 Å². The summed E-state index contributed by atoms with van der Waals surface area (Å²) in [6.45, 7) is 17.2. The van der Waals surface area contributed by atoms with Crippen molar-refractivity contribution in [2.24, 2.45) is 0 Å². The van der Waals surface area contributed by atoms with Crippen molar-refractivity contribution in [2.75, 3.05) is 0 Å². The van der Waals surface area contributed by atoms with Gasteiger partial charge in [0, 0.05) is 43.6 Å². The Labute approximate surface area is 349 Å². The van der Waals surface area contributed by atoms with Crippen LogP contribution in [0.4, 0.5) is 0 Å². The number of benzene rings is 5. The molecule has 0 unspecified atom stereocenters. The second-order valence-electron chi connectivity index (χ2n) is 15.9. The molecule has 0 aliphatic rings. The quantitative estimate of drug-likeness (QED) is 0.165. The molecule has 0 spiro atoms. The predicted octanol–water partition coefficient (Wildman–Crippen LogP) is 13.7. The average molecular weight is 920 g/mol. The molecule has 0 saturated carbocycles. The van der Waals surface area contributed by atoms with Crippen molar-refractivity contribution in [2.45, 2.75) is 60.8 Å². The summed E-state index contributed by atoms with van der Waals surface area (Å²) < 4.78 is 6.23. The number of aromatic nitrogens is 3. The standard InChI is InChI=1S/C33H29N2O.C19H16N.Ir/c1-19-14-23-15-24(33(4,5)6)12-11-22(23)16-28(19)29-17-30(34-18-20(29)2)27-9-7-8-25-26-13-10-21(3)35-32(26)36-31(25)27;1-14-8-11-19(20-13-14)17-10-9-15(2)18(12-17)16-6-4-3-5-7-16;/h7-8,10-18H,1-6H3;3-9,11-13H,1-2H3;/q2*-1;. The van der Waals surface area contributed by atoms with Gasteiger partial charge in [-0.05, 0) is 112 Å². The molecule has 285 valence electrons. The molecule has 0 aliphatic carbocycles. The zero-order valence-electron chi connectivity index (χ0n) is 33.7. The molecule has 57 heavy (non-hydrogen) atoms. The van der Waals surface area contributed by atoms with Crippen LogP contribution in [0.3, 0.4) is 0 Å². The number of rotatable bonds is 4. The van der Waals surface area contributed by atoms with E-state index in [1.165, 1.54) is 55.3 Å². The largest absolute Gasteiger partial charge is 0.486 e. The smallest absolute Gasteiger partial charge is 0.216 e. The van der Waals surface area contributed by atoms with Crippen molar-refractivity contribution < 1.29 is 24.5 Å². The van der Waals surface area contributed by atoms with Gasteiger partial charge >= 0.3 is 0 Å². The van der Waals surface area contributed by atoms with Gasteiger partial charge in [0.1, 0.15) is 0 Å². The SMILES string of the molecule is Cc1ccc(-c2[c-]cc(C)c(-c3ccccc3)c2)nc1.Cc1ccc2c(n1)oc1c(-c3cc(-c4cc5ccc(C(C)(C)C)cc5cc4C)c(C)cn3)[c-]ccc12.[Ir]. The van der Waals surface area contributed by atoms with Crippen LogP contribution in [0.2, 0.25) is 0 Å². The van der Waals surface area contributed by atoms with E-state index in [0.717, 1.165) is 50.1 Å². The van der Waals surface area contributed by atoms with Crippen LogP contribution in [-0.2, 0) is 25.5 Å². The fourth-order valence-electron chi connectivity index (χ4n) is 7.29. The van der Waals surface area contributed by atoms with Gasteiger partial charge in [-0.25, -0.2) is 4.98 Å². The molecule has 0 amide bonds. The van der Waals surface area contributed by atoms with Crippen molar-refractivity contribution in [3.05, 3.63) is 173 Å². The summed E-state index contributed by atoms with van der Waals surface area (Å²) in [5.74, 6) is 0. The van der Waals surface area contributed by atoms with Crippen LogP contribution in [0.5, 0.6) is 0 Å². The molecular weight excluding hydrogens is 875 g/mol. The second kappa shape index (κ2) is 16.0. The van der Waals surface area contributed by atoms with Gasteiger partial charge in [0.2, 0.25) is 5.71 Å². The minimum Gasteiger partial charge on any atom is -0.486 e. The third-order valence-corrected chi connectivity index (χ3v) is 10.6. The fourth-order valence-corrected chi connectivity index (χ4v) is 7.29. The first-order valence-electron chi connectivity index (χ1n) is 19.2. The Morgan fingerprint density at radius 2 is 1.37 bits per heavy atom. The van der Waals surface area contributed by atoms with Crippen LogP contribution in [0, 0.1) is 46.8 Å². The van der Waals surface area contributed by atoms with E-state index < -0.39 is 0 Å². The van der Waals surface area contributed by atoms with Crippen molar-refractivity contribution in [3.8, 4) is 44.8 Å². The molecule has 0 saturated heterocycles. The normalized spacial score (nSPS) is 11.4. The molecule has 0 N–H and O–H groups in total. The number of hydrogen-bond acceptors (Lipinski definition) is 4. The number of aryl methyl sites for hydroxylation is 5. The fraction of sp³-hybridized carbons (Fsp3) is 0.173. The van der Waals surface area contributed by atoms with E-state index in [1.807, 2.05) is 62.6 Å². The molecule has 0 bridgehead atoms. The van der Waals surface area contributed by atoms with Gasteiger partial charge in [0.15, 0.2) is 0 Å². The Bertz CT molecular complexity index is 2890. The minimum absolute atomic E-state index is 0. The second-order valence-corrected chi connectivity index (χ2v) is 15.9. The molecule has 5 aromatic carbocycles. The van der Waals surface area contributed by atoms with Crippen molar-refractivity contribution >= 4 is 32.8 Å². The first-order chi connectivity index (χ1) is 26.9. The summed E-state index contributed by atoms with van der Waals surface area (Å²) in [6, 6.07) is 47.1. The van der Waals surface area contributed by atoms with Crippen molar-refractivity contribution in [3.63, 3.8) is 0 Å². The predicted molar refractivity (Wildman–Crippen MR) is 233 cm³/mol. The number of pyridine rings is 3. The molecule has 0 aliphatic heterocycles. The maximum Gasteiger partial charge on any atom is 0.216 e. The Balaban J connectivity index is 0.000000201. The first kappa shape index (κ1) is 39.5. The van der Waals surface area contributed by atoms with Crippen LogP contribution in [-0.4, -0.2) is 15.0 Å². The molecule has 9 rings (SSSR count). The minimum atomic E-state index is 0. The van der Waals surface area contributed by atoms with Gasteiger partial charge in [-0.3, -0.25) is 0 Å². The summed E-state index contributed by atoms with van der Waals surface area (Å²) in [4.78, 5) is 13.9. The Kier molecular flexibility index (Phi) is 11.1. The summed E-state index contributed by atoms with van der Waals surface area (Å²) in [7, 11) is 0. The summed E-state index contributed by atoms with van der Waals surface area (Å²) in [6.07, 6.45) is 3.85. The monoisotopic (exact) mass is 920 g/mol. The molecule has 0 atom stereocenters. The van der Waals surface area contributed by atoms with Crippen LogP contribution >= 0.6 is 0 Å². The molecule has 9 aromatic rings. The van der Waals surface area contributed by atoms with Gasteiger partial charge < -0.3 is 14.4 Å². The topological polar surface area (TPSA) is 51.8 Å². The number of furan rings is 1. The van der Waals surface area contributed by atoms with Crippen molar-refractivity contribution in [1.82, 2.24) is 15.0 Å². The Morgan fingerprint density at radius 3 is 2.12 bits per heavy atom. The molecule has 4 aromatic heterocycles. The molecule has 4 heterocycles. The molecule has 1 radical (unpaired) electrons. The van der Waals surface area contributed by atoms with Crippen LogP contribution < -0.4 is 0 Å². The Morgan fingerprint density at radius 1 is 0.596 bits per heavy atom. The van der Waals surface area contributed by atoms with Crippen molar-refractivity contribution in [1.29, 1.82) is 0 Å². The maximum atomic E-state index is 6.23. The molecule has 4 nitrogen and oxygen atoms in total. The first-order valence-corrected chi connectivity index (χ1v) is 19.2. The molecule has 0 fully saturated rings. The van der Waals surface area contributed by atoms with E-state index in [1.54, 1.807) is 0 Å². The summed E-state index contributed by atoms with van der Waals surface area (Å²) in [5.41, 5.74) is 17.2. The molecule has 5 heteroatoms. The number of hydrogen-bond donors (Lipinski definition) is 0. The van der Waals surface area contributed by atoms with Gasteiger partial charge in [-0.1, -0.05) is 117 Å². The zero-order valence-corrected chi connectivity index (χ0v) is 36.1. The third-order valence-electron chi connectivity index (χ3n) is 10.6. The van der Waals surface area contributed by atoms with E-state index in [2.05, 4.69) is 143 Å². The number of nitrogens with zero attached hydrogens (tertiary/aromatic N) is 3. The summed E-state index contributed by atoms with van der Waals surface area (Å²) in [5, 5.41) is 4.57. The van der Waals surface area contributed by atoms with Gasteiger partial charge in [0.05, 0.1) is 5.58 Å². The summed E-state index contributed by atoms with van der Waals surface area (Å²) >= 11 is 0. The zero-order chi connectivity index (χ0) is 39.1. The molecular formula is C52H45IrN3O-2. The van der Waals surface area contributed by atoms with Crippen LogP contribution in [0.15, 0.2) is 132 Å². The third kappa shape index (κ3) is 8.09.